The Morgan fingerprint density at radius 3 is 2.29 bits per heavy atom. The summed E-state index contributed by atoms with van der Waals surface area (Å²) in [4.78, 5) is 12.0. The Bertz CT molecular complexity index is 580. The van der Waals surface area contributed by atoms with E-state index < -0.39 is 0 Å². The van der Waals surface area contributed by atoms with Gasteiger partial charge in [-0.05, 0) is 56.7 Å². The highest BCUT2D eigenvalue weighted by molar-refractivity contribution is 5.94. The molecule has 0 atom stereocenters. The fourth-order valence-electron chi connectivity index (χ4n) is 2.36. The summed E-state index contributed by atoms with van der Waals surface area (Å²) in [7, 11) is 1.66. The fraction of sp³-hybridized carbons (Fsp3) is 0.353. The minimum absolute atomic E-state index is 0.0430. The number of nitrogens with one attached hydrogen (secondary N) is 1. The first-order valence-electron chi connectivity index (χ1n) is 7.16. The van der Waals surface area contributed by atoms with E-state index in [0.717, 1.165) is 12.1 Å². The lowest BCUT2D eigenvalue weighted by atomic mass is 10.2. The van der Waals surface area contributed by atoms with E-state index in [1.165, 1.54) is 11.4 Å². The molecule has 0 saturated heterocycles. The van der Waals surface area contributed by atoms with Gasteiger partial charge in [-0.3, -0.25) is 4.79 Å². The van der Waals surface area contributed by atoms with Crippen LogP contribution in [0, 0.1) is 13.8 Å². The van der Waals surface area contributed by atoms with Crippen LogP contribution in [-0.2, 0) is 4.74 Å². The van der Waals surface area contributed by atoms with Crippen molar-refractivity contribution in [3.63, 3.8) is 0 Å². The van der Waals surface area contributed by atoms with Gasteiger partial charge in [0.2, 0.25) is 0 Å². The summed E-state index contributed by atoms with van der Waals surface area (Å²) in [5.41, 5.74) is 4.12. The van der Waals surface area contributed by atoms with Crippen molar-refractivity contribution in [2.45, 2.75) is 20.3 Å². The van der Waals surface area contributed by atoms with Crippen molar-refractivity contribution >= 4 is 5.91 Å². The topological polar surface area (TPSA) is 43.3 Å². The van der Waals surface area contributed by atoms with Crippen molar-refractivity contribution in [1.82, 2.24) is 9.88 Å². The van der Waals surface area contributed by atoms with E-state index in [1.54, 1.807) is 7.11 Å². The molecule has 1 heterocycles. The van der Waals surface area contributed by atoms with Gasteiger partial charge in [-0.25, -0.2) is 0 Å². The summed E-state index contributed by atoms with van der Waals surface area (Å²) in [6, 6.07) is 11.9. The third kappa shape index (κ3) is 3.73. The lowest BCUT2D eigenvalue weighted by Gasteiger charge is -2.10. The number of aromatic nitrogens is 1. The Kier molecular flexibility index (Phi) is 5.17. The van der Waals surface area contributed by atoms with Crippen LogP contribution in [-0.4, -0.2) is 30.7 Å². The van der Waals surface area contributed by atoms with Gasteiger partial charge in [-0.2, -0.15) is 0 Å². The maximum absolute atomic E-state index is 12.0. The van der Waals surface area contributed by atoms with Crippen molar-refractivity contribution in [1.29, 1.82) is 0 Å². The second-order valence-corrected chi connectivity index (χ2v) is 5.10. The summed E-state index contributed by atoms with van der Waals surface area (Å²) in [5.74, 6) is -0.0430. The monoisotopic (exact) mass is 286 g/mol. The normalized spacial score (nSPS) is 10.6. The van der Waals surface area contributed by atoms with Crippen LogP contribution < -0.4 is 5.32 Å². The number of hydrogen-bond donors (Lipinski definition) is 1. The van der Waals surface area contributed by atoms with Crippen LogP contribution in [0.15, 0.2) is 36.4 Å². The predicted octanol–water partition coefficient (Wildman–Crippen LogP) is 2.86. The number of benzene rings is 1. The number of aryl methyl sites for hydroxylation is 2. The summed E-state index contributed by atoms with van der Waals surface area (Å²) >= 11 is 0. The van der Waals surface area contributed by atoms with Gasteiger partial charge in [0.1, 0.15) is 0 Å². The Hall–Kier alpha value is -2.07. The van der Waals surface area contributed by atoms with Gasteiger partial charge >= 0.3 is 0 Å². The van der Waals surface area contributed by atoms with Crippen molar-refractivity contribution in [2.24, 2.45) is 0 Å². The number of carbonyl (C=O) groups is 1. The molecule has 0 spiro atoms. The highest BCUT2D eigenvalue weighted by Gasteiger charge is 2.07. The van der Waals surface area contributed by atoms with Crippen LogP contribution >= 0.6 is 0 Å². The Morgan fingerprint density at radius 1 is 1.10 bits per heavy atom. The minimum atomic E-state index is -0.0430. The summed E-state index contributed by atoms with van der Waals surface area (Å²) in [5, 5.41) is 2.89. The molecule has 0 aliphatic rings. The maximum atomic E-state index is 12.0. The SMILES string of the molecule is COCCCNC(=O)c1ccc(-n2c(C)ccc2C)cc1. The van der Waals surface area contributed by atoms with Gasteiger partial charge in [0, 0.05) is 42.9 Å². The molecule has 0 aliphatic heterocycles. The van der Waals surface area contributed by atoms with E-state index in [0.29, 0.717) is 18.7 Å². The summed E-state index contributed by atoms with van der Waals surface area (Å²) < 4.78 is 7.12. The first-order valence-corrected chi connectivity index (χ1v) is 7.16. The zero-order chi connectivity index (χ0) is 15.2. The molecule has 1 N–H and O–H groups in total. The highest BCUT2D eigenvalue weighted by atomic mass is 16.5. The van der Waals surface area contributed by atoms with Gasteiger partial charge in [0.25, 0.3) is 5.91 Å². The average molecular weight is 286 g/mol. The molecule has 4 nitrogen and oxygen atoms in total. The molecule has 0 fully saturated rings. The Morgan fingerprint density at radius 2 is 1.71 bits per heavy atom. The molecule has 2 aromatic rings. The molecule has 21 heavy (non-hydrogen) atoms. The summed E-state index contributed by atoms with van der Waals surface area (Å²) in [6.07, 6.45) is 0.822. The summed E-state index contributed by atoms with van der Waals surface area (Å²) in [6.45, 7) is 5.43. The van der Waals surface area contributed by atoms with Crippen molar-refractivity contribution in [3.8, 4) is 5.69 Å². The number of hydrogen-bond acceptors (Lipinski definition) is 2. The standard InChI is InChI=1S/C17H22N2O2/c1-13-5-6-14(2)19(13)16-9-7-15(8-10-16)17(20)18-11-4-12-21-3/h5-10H,4,11-12H2,1-3H3,(H,18,20). The molecule has 0 unspecified atom stereocenters. The zero-order valence-electron chi connectivity index (χ0n) is 12.8. The van der Waals surface area contributed by atoms with Gasteiger partial charge in [0.15, 0.2) is 0 Å². The van der Waals surface area contributed by atoms with E-state index in [-0.39, 0.29) is 5.91 Å². The molecular weight excluding hydrogens is 264 g/mol. The van der Waals surface area contributed by atoms with Crippen molar-refractivity contribution < 1.29 is 9.53 Å². The molecule has 1 aromatic carbocycles. The number of nitrogens with zero attached hydrogens (tertiary/aromatic N) is 1. The molecule has 0 radical (unpaired) electrons. The molecule has 1 amide bonds. The molecule has 4 heteroatoms. The largest absolute Gasteiger partial charge is 0.385 e. The molecule has 0 bridgehead atoms. The molecular formula is C17H22N2O2. The van der Waals surface area contributed by atoms with Crippen LogP contribution in [0.25, 0.3) is 5.69 Å². The number of amides is 1. The molecule has 2 rings (SSSR count). The molecule has 112 valence electrons. The molecule has 0 saturated carbocycles. The second kappa shape index (κ2) is 7.09. The van der Waals surface area contributed by atoms with Gasteiger partial charge < -0.3 is 14.6 Å². The lowest BCUT2D eigenvalue weighted by Crippen LogP contribution is -2.25. The minimum Gasteiger partial charge on any atom is -0.385 e. The predicted molar refractivity (Wildman–Crippen MR) is 84.1 cm³/mol. The number of carbonyl (C=O) groups excluding carboxylic acids is 1. The quantitative estimate of drug-likeness (QED) is 0.830. The number of rotatable bonds is 6. The first kappa shape index (κ1) is 15.3. The van der Waals surface area contributed by atoms with Crippen LogP contribution in [0.4, 0.5) is 0 Å². The third-order valence-electron chi connectivity index (χ3n) is 3.47. The highest BCUT2D eigenvalue weighted by Crippen LogP contribution is 2.16. The van der Waals surface area contributed by atoms with E-state index in [2.05, 4.69) is 35.9 Å². The smallest absolute Gasteiger partial charge is 0.251 e. The van der Waals surface area contributed by atoms with Crippen LogP contribution in [0.5, 0.6) is 0 Å². The Labute approximate surface area is 125 Å². The Balaban J connectivity index is 2.04. The van der Waals surface area contributed by atoms with E-state index in [9.17, 15) is 4.79 Å². The average Bonchev–Trinajstić information content (AvgIpc) is 2.83. The van der Waals surface area contributed by atoms with E-state index in [1.807, 2.05) is 24.3 Å². The number of ether oxygens (including phenoxy) is 1. The van der Waals surface area contributed by atoms with E-state index >= 15 is 0 Å². The maximum Gasteiger partial charge on any atom is 0.251 e. The second-order valence-electron chi connectivity index (χ2n) is 5.10. The third-order valence-corrected chi connectivity index (χ3v) is 3.47. The first-order chi connectivity index (χ1) is 10.1. The van der Waals surface area contributed by atoms with Crippen LogP contribution in [0.2, 0.25) is 0 Å². The van der Waals surface area contributed by atoms with Crippen LogP contribution in [0.1, 0.15) is 28.2 Å². The van der Waals surface area contributed by atoms with Gasteiger partial charge in [-0.15, -0.1) is 0 Å². The van der Waals surface area contributed by atoms with E-state index in [4.69, 9.17) is 4.74 Å². The van der Waals surface area contributed by atoms with Crippen molar-refractivity contribution in [2.75, 3.05) is 20.3 Å². The number of methoxy groups -OCH3 is 1. The molecule has 1 aromatic heterocycles. The van der Waals surface area contributed by atoms with Gasteiger partial charge in [-0.1, -0.05) is 0 Å². The zero-order valence-corrected chi connectivity index (χ0v) is 12.8. The molecule has 0 aliphatic carbocycles. The van der Waals surface area contributed by atoms with Crippen molar-refractivity contribution in [3.05, 3.63) is 53.3 Å². The van der Waals surface area contributed by atoms with Gasteiger partial charge in [0.05, 0.1) is 0 Å². The van der Waals surface area contributed by atoms with Crippen LogP contribution in [0.3, 0.4) is 0 Å². The fourth-order valence-corrected chi connectivity index (χ4v) is 2.36. The lowest BCUT2D eigenvalue weighted by molar-refractivity contribution is 0.0948.